The van der Waals surface area contributed by atoms with E-state index in [1.54, 1.807) is 13.2 Å². The van der Waals surface area contributed by atoms with E-state index in [1.807, 2.05) is 12.1 Å². The number of hydrogen-bond donors (Lipinski definition) is 2. The highest BCUT2D eigenvalue weighted by Crippen LogP contribution is 2.25. The second-order valence-electron chi connectivity index (χ2n) is 4.92. The van der Waals surface area contributed by atoms with Crippen molar-refractivity contribution < 1.29 is 4.74 Å². The number of nitrogens with one attached hydrogen (secondary N) is 1. The van der Waals surface area contributed by atoms with Crippen molar-refractivity contribution in [3.8, 4) is 5.75 Å². The number of aryl methyl sites for hydroxylation is 1. The van der Waals surface area contributed by atoms with Gasteiger partial charge in [-0.1, -0.05) is 25.5 Å². The molecule has 0 amide bonds. The lowest BCUT2D eigenvalue weighted by Crippen LogP contribution is -1.95. The lowest BCUT2D eigenvalue weighted by atomic mass is 10.1. The van der Waals surface area contributed by atoms with Gasteiger partial charge in [-0.25, -0.2) is 0 Å². The first-order valence-electron chi connectivity index (χ1n) is 7.02. The molecule has 0 radical (unpaired) electrons. The van der Waals surface area contributed by atoms with E-state index in [2.05, 4.69) is 36.5 Å². The van der Waals surface area contributed by atoms with Gasteiger partial charge in [0.05, 0.1) is 7.11 Å². The van der Waals surface area contributed by atoms with Crippen LogP contribution in [0.5, 0.6) is 5.75 Å². The lowest BCUT2D eigenvalue weighted by molar-refractivity contribution is 0.415. The average Bonchev–Trinajstić information content (AvgIpc) is 2.46. The van der Waals surface area contributed by atoms with Crippen LogP contribution < -0.4 is 15.8 Å². The molecule has 0 aromatic heterocycles. The van der Waals surface area contributed by atoms with Crippen LogP contribution in [0.2, 0.25) is 0 Å². The third kappa shape index (κ3) is 3.92. The van der Waals surface area contributed by atoms with Crippen LogP contribution in [0.1, 0.15) is 25.3 Å². The zero-order chi connectivity index (χ0) is 14.4. The van der Waals surface area contributed by atoms with Gasteiger partial charge in [-0.15, -0.1) is 0 Å². The van der Waals surface area contributed by atoms with Gasteiger partial charge in [0, 0.05) is 29.2 Å². The minimum Gasteiger partial charge on any atom is -0.497 e. The molecule has 0 fully saturated rings. The molecule has 0 spiro atoms. The molecule has 0 aliphatic carbocycles. The highest BCUT2D eigenvalue weighted by molar-refractivity contribution is 5.66. The van der Waals surface area contributed by atoms with Crippen molar-refractivity contribution in [1.29, 1.82) is 0 Å². The zero-order valence-electron chi connectivity index (χ0n) is 12.1. The Kier molecular flexibility index (Phi) is 4.88. The molecule has 0 heterocycles. The third-order valence-electron chi connectivity index (χ3n) is 3.23. The summed E-state index contributed by atoms with van der Waals surface area (Å²) in [6, 6.07) is 14.2. The topological polar surface area (TPSA) is 47.3 Å². The Morgan fingerprint density at radius 3 is 2.45 bits per heavy atom. The number of anilines is 3. The SMILES string of the molecule is CCCCc1ccc(Nc2cc(N)cc(OC)c2)cc1. The summed E-state index contributed by atoms with van der Waals surface area (Å²) < 4.78 is 5.22. The number of methoxy groups -OCH3 is 1. The van der Waals surface area contributed by atoms with Crippen LogP contribution in [0, 0.1) is 0 Å². The van der Waals surface area contributed by atoms with E-state index in [9.17, 15) is 0 Å². The summed E-state index contributed by atoms with van der Waals surface area (Å²) in [5, 5.41) is 3.34. The monoisotopic (exact) mass is 270 g/mol. The van der Waals surface area contributed by atoms with Crippen LogP contribution in [0.4, 0.5) is 17.1 Å². The molecule has 106 valence electrons. The molecule has 3 N–H and O–H groups in total. The second kappa shape index (κ2) is 6.85. The molecule has 2 aromatic rings. The van der Waals surface area contributed by atoms with Gasteiger partial charge in [0.25, 0.3) is 0 Å². The first kappa shape index (κ1) is 14.3. The normalized spacial score (nSPS) is 10.3. The maximum absolute atomic E-state index is 5.85. The van der Waals surface area contributed by atoms with Crippen LogP contribution in [-0.4, -0.2) is 7.11 Å². The molecule has 2 rings (SSSR count). The maximum Gasteiger partial charge on any atom is 0.122 e. The molecule has 3 heteroatoms. The second-order valence-corrected chi connectivity index (χ2v) is 4.92. The van der Waals surface area contributed by atoms with Crippen molar-refractivity contribution in [2.45, 2.75) is 26.2 Å². The van der Waals surface area contributed by atoms with Crippen molar-refractivity contribution in [2.75, 3.05) is 18.2 Å². The number of nitrogen functional groups attached to an aromatic ring is 1. The molecule has 0 saturated carbocycles. The van der Waals surface area contributed by atoms with E-state index in [0.29, 0.717) is 5.69 Å². The van der Waals surface area contributed by atoms with E-state index in [-0.39, 0.29) is 0 Å². The number of rotatable bonds is 6. The fourth-order valence-electron chi connectivity index (χ4n) is 2.11. The average molecular weight is 270 g/mol. The molecule has 0 saturated heterocycles. The Balaban J connectivity index is 2.07. The Hall–Kier alpha value is -2.16. The molecular formula is C17H22N2O. The summed E-state index contributed by atoms with van der Waals surface area (Å²) in [4.78, 5) is 0. The first-order chi connectivity index (χ1) is 9.71. The van der Waals surface area contributed by atoms with Crippen LogP contribution in [0.15, 0.2) is 42.5 Å². The van der Waals surface area contributed by atoms with Gasteiger partial charge in [0.1, 0.15) is 5.75 Å². The molecule has 20 heavy (non-hydrogen) atoms. The van der Waals surface area contributed by atoms with Crippen LogP contribution >= 0.6 is 0 Å². The van der Waals surface area contributed by atoms with Gasteiger partial charge in [0.15, 0.2) is 0 Å². The highest BCUT2D eigenvalue weighted by Gasteiger charge is 2.00. The van der Waals surface area contributed by atoms with Crippen molar-refractivity contribution in [1.82, 2.24) is 0 Å². The minimum atomic E-state index is 0.686. The van der Waals surface area contributed by atoms with Gasteiger partial charge in [-0.05, 0) is 36.6 Å². The summed E-state index contributed by atoms with van der Waals surface area (Å²) in [5.74, 6) is 0.757. The first-order valence-corrected chi connectivity index (χ1v) is 7.02. The molecular weight excluding hydrogens is 248 g/mol. The lowest BCUT2D eigenvalue weighted by Gasteiger charge is -2.10. The largest absolute Gasteiger partial charge is 0.497 e. The quantitative estimate of drug-likeness (QED) is 0.766. The van der Waals surface area contributed by atoms with E-state index >= 15 is 0 Å². The maximum atomic E-state index is 5.85. The number of benzene rings is 2. The molecule has 0 atom stereocenters. The molecule has 0 bridgehead atoms. The Labute approximate surface area is 120 Å². The molecule has 0 aliphatic rings. The summed E-state index contributed by atoms with van der Waals surface area (Å²) in [6.07, 6.45) is 3.60. The van der Waals surface area contributed by atoms with Crippen molar-refractivity contribution in [3.05, 3.63) is 48.0 Å². The van der Waals surface area contributed by atoms with E-state index < -0.39 is 0 Å². The summed E-state index contributed by atoms with van der Waals surface area (Å²) in [5.41, 5.74) is 9.90. The molecule has 0 unspecified atom stereocenters. The van der Waals surface area contributed by atoms with Gasteiger partial charge in [0.2, 0.25) is 0 Å². The third-order valence-corrected chi connectivity index (χ3v) is 3.23. The van der Waals surface area contributed by atoms with Crippen LogP contribution in [0.25, 0.3) is 0 Å². The van der Waals surface area contributed by atoms with Crippen molar-refractivity contribution in [3.63, 3.8) is 0 Å². The van der Waals surface area contributed by atoms with Gasteiger partial charge in [-0.3, -0.25) is 0 Å². The standard InChI is InChI=1S/C17H22N2O/c1-3-4-5-13-6-8-15(9-7-13)19-16-10-14(18)11-17(12-16)20-2/h6-12,19H,3-5,18H2,1-2H3. The van der Waals surface area contributed by atoms with Crippen LogP contribution in [0.3, 0.4) is 0 Å². The summed E-state index contributed by atoms with van der Waals surface area (Å²) in [7, 11) is 1.64. The van der Waals surface area contributed by atoms with Crippen molar-refractivity contribution in [2.24, 2.45) is 0 Å². The van der Waals surface area contributed by atoms with E-state index in [4.69, 9.17) is 10.5 Å². The molecule has 2 aromatic carbocycles. The number of nitrogens with two attached hydrogens (primary N) is 1. The number of unbranched alkanes of at least 4 members (excludes halogenated alkanes) is 1. The van der Waals surface area contributed by atoms with E-state index in [1.165, 1.54) is 18.4 Å². The smallest absolute Gasteiger partial charge is 0.122 e. The summed E-state index contributed by atoms with van der Waals surface area (Å²) >= 11 is 0. The minimum absolute atomic E-state index is 0.686. The van der Waals surface area contributed by atoms with Crippen molar-refractivity contribution >= 4 is 17.1 Å². The van der Waals surface area contributed by atoms with Gasteiger partial charge >= 0.3 is 0 Å². The number of ether oxygens (including phenoxy) is 1. The predicted molar refractivity (Wildman–Crippen MR) is 85.7 cm³/mol. The number of hydrogen-bond acceptors (Lipinski definition) is 3. The highest BCUT2D eigenvalue weighted by atomic mass is 16.5. The van der Waals surface area contributed by atoms with E-state index in [0.717, 1.165) is 23.5 Å². The Morgan fingerprint density at radius 1 is 1.05 bits per heavy atom. The fourth-order valence-corrected chi connectivity index (χ4v) is 2.11. The molecule has 0 aliphatic heterocycles. The summed E-state index contributed by atoms with van der Waals surface area (Å²) in [6.45, 7) is 2.21. The zero-order valence-corrected chi connectivity index (χ0v) is 12.1. The van der Waals surface area contributed by atoms with Gasteiger partial charge in [-0.2, -0.15) is 0 Å². The Bertz CT molecular complexity index is 549. The van der Waals surface area contributed by atoms with Crippen LogP contribution in [-0.2, 0) is 6.42 Å². The Morgan fingerprint density at radius 2 is 1.80 bits per heavy atom. The predicted octanol–water partition coefficient (Wildman–Crippen LogP) is 4.36. The fraction of sp³-hybridized carbons (Fsp3) is 0.294. The molecule has 3 nitrogen and oxygen atoms in total. The van der Waals surface area contributed by atoms with Gasteiger partial charge < -0.3 is 15.8 Å².